The number of nitrogens with zero attached hydrogens (tertiary/aromatic N) is 1. The second-order valence-electron chi connectivity index (χ2n) is 4.55. The number of benzene rings is 1. The van der Waals surface area contributed by atoms with Crippen molar-refractivity contribution in [2.75, 3.05) is 18.6 Å². The van der Waals surface area contributed by atoms with E-state index in [4.69, 9.17) is 4.74 Å². The van der Waals surface area contributed by atoms with Crippen molar-refractivity contribution in [2.24, 2.45) is 0 Å². The Morgan fingerprint density at radius 2 is 2.20 bits per heavy atom. The molecule has 1 aromatic rings. The fraction of sp³-hybridized carbons (Fsp3) is 0.429. The third kappa shape index (κ3) is 3.07. The first-order valence-electron chi connectivity index (χ1n) is 6.37. The highest BCUT2D eigenvalue weighted by atomic mass is 32.2. The van der Waals surface area contributed by atoms with Crippen LogP contribution in [0.1, 0.15) is 18.0 Å². The quantitative estimate of drug-likeness (QED) is 0.873. The van der Waals surface area contributed by atoms with Crippen LogP contribution >= 0.6 is 11.8 Å². The Kier molecular flexibility index (Phi) is 4.89. The molecule has 6 heteroatoms. The SMILES string of the molecule is CSCC[C@H](C(=O)O)N1C(=O)OC[C@@H]1c1ccccc1. The largest absolute Gasteiger partial charge is 0.480 e. The van der Waals surface area contributed by atoms with E-state index in [1.165, 1.54) is 4.90 Å². The fourth-order valence-electron chi connectivity index (χ4n) is 2.32. The zero-order valence-corrected chi connectivity index (χ0v) is 12.0. The van der Waals surface area contributed by atoms with Gasteiger partial charge in [-0.15, -0.1) is 0 Å². The lowest BCUT2D eigenvalue weighted by Crippen LogP contribution is -2.43. The molecule has 1 aliphatic heterocycles. The summed E-state index contributed by atoms with van der Waals surface area (Å²) in [7, 11) is 0. The van der Waals surface area contributed by atoms with Crippen molar-refractivity contribution >= 4 is 23.8 Å². The Morgan fingerprint density at radius 3 is 2.80 bits per heavy atom. The molecule has 1 aromatic carbocycles. The summed E-state index contributed by atoms with van der Waals surface area (Å²) in [4.78, 5) is 24.7. The molecule has 108 valence electrons. The van der Waals surface area contributed by atoms with E-state index >= 15 is 0 Å². The minimum absolute atomic E-state index is 0.200. The number of hydrogen-bond acceptors (Lipinski definition) is 4. The predicted octanol–water partition coefficient (Wildman–Crippen LogP) is 2.39. The van der Waals surface area contributed by atoms with Gasteiger partial charge in [0.05, 0.1) is 6.04 Å². The van der Waals surface area contributed by atoms with E-state index in [-0.39, 0.29) is 12.6 Å². The molecule has 1 aliphatic rings. The van der Waals surface area contributed by atoms with Crippen LogP contribution in [-0.2, 0) is 9.53 Å². The van der Waals surface area contributed by atoms with Crippen LogP contribution in [0.15, 0.2) is 30.3 Å². The van der Waals surface area contributed by atoms with Gasteiger partial charge in [-0.25, -0.2) is 9.59 Å². The number of ether oxygens (including phenoxy) is 1. The van der Waals surface area contributed by atoms with E-state index in [2.05, 4.69) is 0 Å². The number of amides is 1. The van der Waals surface area contributed by atoms with Gasteiger partial charge < -0.3 is 9.84 Å². The Morgan fingerprint density at radius 1 is 1.50 bits per heavy atom. The molecule has 0 bridgehead atoms. The molecule has 5 nitrogen and oxygen atoms in total. The van der Waals surface area contributed by atoms with Gasteiger partial charge in [-0.1, -0.05) is 30.3 Å². The highest BCUT2D eigenvalue weighted by molar-refractivity contribution is 7.98. The van der Waals surface area contributed by atoms with Crippen molar-refractivity contribution in [3.05, 3.63) is 35.9 Å². The molecule has 1 N–H and O–H groups in total. The van der Waals surface area contributed by atoms with Crippen molar-refractivity contribution in [1.82, 2.24) is 4.90 Å². The average Bonchev–Trinajstić information content (AvgIpc) is 2.82. The predicted molar refractivity (Wildman–Crippen MR) is 76.8 cm³/mol. The van der Waals surface area contributed by atoms with E-state index < -0.39 is 18.1 Å². The number of thioether (sulfide) groups is 1. The van der Waals surface area contributed by atoms with Gasteiger partial charge in [0, 0.05) is 0 Å². The highest BCUT2D eigenvalue weighted by Gasteiger charge is 2.41. The number of carboxylic acid groups (broad SMARTS) is 1. The second-order valence-corrected chi connectivity index (χ2v) is 5.53. The summed E-state index contributed by atoms with van der Waals surface area (Å²) in [5.74, 6) is -0.304. The molecular formula is C14H17NO4S. The van der Waals surface area contributed by atoms with Crippen LogP contribution < -0.4 is 0 Å². The smallest absolute Gasteiger partial charge is 0.411 e. The maximum absolute atomic E-state index is 11.9. The van der Waals surface area contributed by atoms with Crippen molar-refractivity contribution in [3.8, 4) is 0 Å². The fourth-order valence-corrected chi connectivity index (χ4v) is 2.78. The summed E-state index contributed by atoms with van der Waals surface area (Å²) in [6.07, 6.45) is 1.78. The molecule has 0 radical (unpaired) electrons. The zero-order chi connectivity index (χ0) is 14.5. The van der Waals surface area contributed by atoms with Crippen LogP contribution in [0.3, 0.4) is 0 Å². The van der Waals surface area contributed by atoms with E-state index in [0.717, 1.165) is 5.56 Å². The summed E-state index contributed by atoms with van der Waals surface area (Å²) < 4.78 is 5.06. The van der Waals surface area contributed by atoms with Gasteiger partial charge in [0.1, 0.15) is 12.6 Å². The van der Waals surface area contributed by atoms with Crippen LogP contribution in [0.4, 0.5) is 4.79 Å². The molecule has 1 amide bonds. The van der Waals surface area contributed by atoms with Crippen molar-refractivity contribution < 1.29 is 19.4 Å². The first-order chi connectivity index (χ1) is 9.65. The molecule has 0 unspecified atom stereocenters. The molecule has 0 aliphatic carbocycles. The average molecular weight is 295 g/mol. The number of hydrogen-bond donors (Lipinski definition) is 1. The van der Waals surface area contributed by atoms with E-state index in [1.807, 2.05) is 36.6 Å². The monoisotopic (exact) mass is 295 g/mol. The standard InChI is InChI=1S/C14H17NO4S/c1-20-8-7-11(13(16)17)15-12(9-19-14(15)18)10-5-3-2-4-6-10/h2-6,11-12H,7-9H2,1H3,(H,16,17)/t11-,12-/m1/s1. The van der Waals surface area contributed by atoms with Gasteiger partial charge in [-0.2, -0.15) is 11.8 Å². The van der Waals surface area contributed by atoms with Crippen LogP contribution in [0, 0.1) is 0 Å². The van der Waals surface area contributed by atoms with Gasteiger partial charge in [-0.3, -0.25) is 4.90 Å². The first-order valence-corrected chi connectivity index (χ1v) is 7.76. The lowest BCUT2D eigenvalue weighted by atomic mass is 10.0. The highest BCUT2D eigenvalue weighted by Crippen LogP contribution is 2.31. The summed E-state index contributed by atoms with van der Waals surface area (Å²) in [5.41, 5.74) is 0.897. The van der Waals surface area contributed by atoms with Crippen LogP contribution in [0.2, 0.25) is 0 Å². The van der Waals surface area contributed by atoms with Gasteiger partial charge in [0.15, 0.2) is 0 Å². The summed E-state index contributed by atoms with van der Waals surface area (Å²) in [6.45, 7) is 0.200. The third-order valence-electron chi connectivity index (χ3n) is 3.31. The number of carboxylic acids is 1. The topological polar surface area (TPSA) is 66.8 Å². The number of rotatable bonds is 6. The van der Waals surface area contributed by atoms with Crippen LogP contribution in [0.25, 0.3) is 0 Å². The van der Waals surface area contributed by atoms with E-state index in [1.54, 1.807) is 11.8 Å². The molecule has 2 rings (SSSR count). The summed E-state index contributed by atoms with van der Waals surface area (Å²) in [5, 5.41) is 9.38. The van der Waals surface area contributed by atoms with Gasteiger partial charge in [-0.05, 0) is 24.0 Å². The Balaban J connectivity index is 2.24. The summed E-state index contributed by atoms with van der Waals surface area (Å²) in [6, 6.07) is 8.21. The van der Waals surface area contributed by atoms with E-state index in [9.17, 15) is 14.7 Å². The molecule has 2 atom stereocenters. The van der Waals surface area contributed by atoms with Crippen molar-refractivity contribution in [2.45, 2.75) is 18.5 Å². The van der Waals surface area contributed by atoms with Crippen molar-refractivity contribution in [3.63, 3.8) is 0 Å². The molecular weight excluding hydrogens is 278 g/mol. The third-order valence-corrected chi connectivity index (χ3v) is 3.96. The Labute approximate surface area is 121 Å². The van der Waals surface area contributed by atoms with Crippen LogP contribution in [-0.4, -0.2) is 46.7 Å². The van der Waals surface area contributed by atoms with Crippen molar-refractivity contribution in [1.29, 1.82) is 0 Å². The maximum Gasteiger partial charge on any atom is 0.411 e. The lowest BCUT2D eigenvalue weighted by Gasteiger charge is -2.27. The molecule has 0 aromatic heterocycles. The number of cyclic esters (lactones) is 1. The van der Waals surface area contributed by atoms with Gasteiger partial charge in [0.2, 0.25) is 0 Å². The first kappa shape index (κ1) is 14.7. The molecule has 1 heterocycles. The molecule has 0 saturated carbocycles. The van der Waals surface area contributed by atoms with E-state index in [0.29, 0.717) is 12.2 Å². The number of carbonyl (C=O) groups excluding carboxylic acids is 1. The molecule has 20 heavy (non-hydrogen) atoms. The van der Waals surface area contributed by atoms with Gasteiger partial charge in [0.25, 0.3) is 0 Å². The Hall–Kier alpha value is -1.69. The number of carbonyl (C=O) groups is 2. The second kappa shape index (κ2) is 6.65. The molecule has 1 saturated heterocycles. The normalized spacial score (nSPS) is 19.8. The number of aliphatic carboxylic acids is 1. The summed E-state index contributed by atoms with van der Waals surface area (Å²) >= 11 is 1.56. The van der Waals surface area contributed by atoms with Crippen LogP contribution in [0.5, 0.6) is 0 Å². The Bertz CT molecular complexity index is 479. The molecule has 0 spiro atoms. The maximum atomic E-state index is 11.9. The molecule has 1 fully saturated rings. The lowest BCUT2D eigenvalue weighted by molar-refractivity contribution is -0.142. The minimum Gasteiger partial charge on any atom is -0.480 e. The zero-order valence-electron chi connectivity index (χ0n) is 11.2. The van der Waals surface area contributed by atoms with Gasteiger partial charge >= 0.3 is 12.1 Å². The minimum atomic E-state index is -0.987.